The van der Waals surface area contributed by atoms with Gasteiger partial charge in [-0.1, -0.05) is 59.7 Å². The summed E-state index contributed by atoms with van der Waals surface area (Å²) in [6.07, 6.45) is 2.06. The van der Waals surface area contributed by atoms with E-state index in [1.54, 1.807) is 12.1 Å². The average molecular weight is 358 g/mol. The largest absolute Gasteiger partial charge is 0.494 e. The van der Waals surface area contributed by atoms with E-state index in [0.717, 1.165) is 37.6 Å². The van der Waals surface area contributed by atoms with Crippen LogP contribution in [0, 0.1) is 11.3 Å². The molecule has 26 heavy (non-hydrogen) atoms. The predicted octanol–water partition coefficient (Wildman–Crippen LogP) is 6.87. The van der Waals surface area contributed by atoms with Crippen LogP contribution < -0.4 is 9.47 Å². The van der Waals surface area contributed by atoms with Crippen molar-refractivity contribution < 1.29 is 9.47 Å². The molecule has 0 saturated heterocycles. The third-order valence-corrected chi connectivity index (χ3v) is 2.67. The maximum Gasteiger partial charge on any atom is 0.119 e. The SMILES string of the molecule is CC.CC.CCCOc1ccc(C#N)cc1.CCCOc1ccccc1. The maximum absolute atomic E-state index is 8.51. The number of hydrogen-bond acceptors (Lipinski definition) is 3. The van der Waals surface area contributed by atoms with Gasteiger partial charge in [0, 0.05) is 0 Å². The molecule has 0 radical (unpaired) electrons. The normalized spacial score (nSPS) is 8.19. The van der Waals surface area contributed by atoms with Crippen LogP contribution in [0.15, 0.2) is 54.6 Å². The summed E-state index contributed by atoms with van der Waals surface area (Å²) in [5, 5.41) is 8.51. The molecule has 0 unspecified atom stereocenters. The van der Waals surface area contributed by atoms with Gasteiger partial charge in [0.25, 0.3) is 0 Å². The minimum Gasteiger partial charge on any atom is -0.494 e. The lowest BCUT2D eigenvalue weighted by atomic mass is 10.2. The van der Waals surface area contributed by atoms with E-state index < -0.39 is 0 Å². The molecule has 0 N–H and O–H groups in total. The van der Waals surface area contributed by atoms with Gasteiger partial charge >= 0.3 is 0 Å². The summed E-state index contributed by atoms with van der Waals surface area (Å²) < 4.78 is 10.7. The van der Waals surface area contributed by atoms with Gasteiger partial charge in [0.05, 0.1) is 24.8 Å². The average Bonchev–Trinajstić information content (AvgIpc) is 2.75. The Labute approximate surface area is 160 Å². The molecule has 0 heterocycles. The van der Waals surface area contributed by atoms with Gasteiger partial charge in [0.2, 0.25) is 0 Å². The summed E-state index contributed by atoms with van der Waals surface area (Å²) >= 11 is 0. The molecule has 2 aromatic carbocycles. The van der Waals surface area contributed by atoms with Crippen molar-refractivity contribution in [3.8, 4) is 17.6 Å². The first-order valence-electron chi connectivity index (χ1n) is 9.61. The zero-order chi connectivity index (χ0) is 20.0. The molecule has 3 nitrogen and oxygen atoms in total. The highest BCUT2D eigenvalue weighted by atomic mass is 16.5. The summed E-state index contributed by atoms with van der Waals surface area (Å²) in [6, 6.07) is 19.1. The van der Waals surface area contributed by atoms with Crippen molar-refractivity contribution in [2.75, 3.05) is 13.2 Å². The topological polar surface area (TPSA) is 42.2 Å². The fourth-order valence-electron chi connectivity index (χ4n) is 1.58. The molecule has 0 saturated carbocycles. The number of rotatable bonds is 6. The van der Waals surface area contributed by atoms with Crippen LogP contribution in [0.25, 0.3) is 0 Å². The van der Waals surface area contributed by atoms with Crippen molar-refractivity contribution in [2.45, 2.75) is 54.4 Å². The fourth-order valence-corrected chi connectivity index (χ4v) is 1.58. The molecule has 0 aliphatic carbocycles. The Balaban J connectivity index is 0. The van der Waals surface area contributed by atoms with Gasteiger partial charge in [-0.3, -0.25) is 0 Å². The zero-order valence-corrected chi connectivity index (χ0v) is 17.3. The molecule has 0 spiro atoms. The van der Waals surface area contributed by atoms with E-state index in [0.29, 0.717) is 5.56 Å². The highest BCUT2D eigenvalue weighted by Gasteiger charge is 1.92. The molecular weight excluding hydrogens is 322 g/mol. The van der Waals surface area contributed by atoms with Crippen LogP contribution in [-0.2, 0) is 0 Å². The van der Waals surface area contributed by atoms with Gasteiger partial charge in [-0.05, 0) is 49.2 Å². The van der Waals surface area contributed by atoms with Gasteiger partial charge in [0.15, 0.2) is 0 Å². The van der Waals surface area contributed by atoms with E-state index in [1.165, 1.54) is 0 Å². The molecule has 0 aliphatic rings. The third kappa shape index (κ3) is 13.9. The minimum absolute atomic E-state index is 0.666. The minimum atomic E-state index is 0.666. The molecule has 2 rings (SSSR count). The Bertz CT molecular complexity index is 545. The number of hydrogen-bond donors (Lipinski definition) is 0. The third-order valence-electron chi connectivity index (χ3n) is 2.67. The van der Waals surface area contributed by atoms with E-state index in [-0.39, 0.29) is 0 Å². The molecule has 0 bridgehead atoms. The van der Waals surface area contributed by atoms with Crippen molar-refractivity contribution in [1.29, 1.82) is 5.26 Å². The molecule has 3 heteroatoms. The number of nitriles is 1. The lowest BCUT2D eigenvalue weighted by Gasteiger charge is -2.02. The highest BCUT2D eigenvalue weighted by Crippen LogP contribution is 2.11. The van der Waals surface area contributed by atoms with Crippen molar-refractivity contribution in [3.05, 3.63) is 60.2 Å². The Morgan fingerprint density at radius 1 is 0.692 bits per heavy atom. The van der Waals surface area contributed by atoms with E-state index in [9.17, 15) is 0 Å². The van der Waals surface area contributed by atoms with Crippen LogP contribution in [0.5, 0.6) is 11.5 Å². The molecule has 2 aromatic rings. The Hall–Kier alpha value is -2.47. The molecule has 0 amide bonds. The standard InChI is InChI=1S/C10H11NO.C9H12O.2C2H6/c1-2-7-12-10-5-3-9(8-11)4-6-10;1-2-8-10-9-6-4-3-5-7-9;2*1-2/h3-6H,2,7H2,1H3;3-7H,2,8H2,1H3;2*1-2H3. The summed E-state index contributed by atoms with van der Waals surface area (Å²) in [4.78, 5) is 0. The number of benzene rings is 2. The smallest absolute Gasteiger partial charge is 0.119 e. The predicted molar refractivity (Wildman–Crippen MR) is 112 cm³/mol. The van der Waals surface area contributed by atoms with Gasteiger partial charge in [-0.25, -0.2) is 0 Å². The van der Waals surface area contributed by atoms with Crippen molar-refractivity contribution >= 4 is 0 Å². The first-order chi connectivity index (χ1) is 12.8. The molecular formula is C23H35NO2. The van der Waals surface area contributed by atoms with Crippen LogP contribution in [0.1, 0.15) is 59.9 Å². The lowest BCUT2D eigenvalue weighted by molar-refractivity contribution is 0.317. The second-order valence-corrected chi connectivity index (χ2v) is 4.65. The van der Waals surface area contributed by atoms with Crippen LogP contribution in [-0.4, -0.2) is 13.2 Å². The number of nitrogens with zero attached hydrogens (tertiary/aromatic N) is 1. The van der Waals surface area contributed by atoms with Crippen LogP contribution >= 0.6 is 0 Å². The molecule has 0 fully saturated rings. The van der Waals surface area contributed by atoms with E-state index >= 15 is 0 Å². The van der Waals surface area contributed by atoms with Crippen molar-refractivity contribution in [3.63, 3.8) is 0 Å². The van der Waals surface area contributed by atoms with E-state index in [1.807, 2.05) is 70.2 Å². The summed E-state index contributed by atoms with van der Waals surface area (Å²) in [7, 11) is 0. The van der Waals surface area contributed by atoms with Gasteiger partial charge in [-0.15, -0.1) is 0 Å². The second-order valence-electron chi connectivity index (χ2n) is 4.65. The highest BCUT2D eigenvalue weighted by molar-refractivity contribution is 5.34. The van der Waals surface area contributed by atoms with Crippen molar-refractivity contribution in [1.82, 2.24) is 0 Å². The monoisotopic (exact) mass is 357 g/mol. The Morgan fingerprint density at radius 2 is 1.12 bits per heavy atom. The lowest BCUT2D eigenvalue weighted by Crippen LogP contribution is -1.94. The van der Waals surface area contributed by atoms with Gasteiger partial charge in [0.1, 0.15) is 11.5 Å². The van der Waals surface area contributed by atoms with Gasteiger partial charge in [-0.2, -0.15) is 5.26 Å². The van der Waals surface area contributed by atoms with E-state index in [2.05, 4.69) is 19.9 Å². The Morgan fingerprint density at radius 3 is 1.50 bits per heavy atom. The first-order valence-corrected chi connectivity index (χ1v) is 9.61. The molecule has 144 valence electrons. The quantitative estimate of drug-likeness (QED) is 0.566. The summed E-state index contributed by atoms with van der Waals surface area (Å²) in [5.74, 6) is 1.79. The van der Waals surface area contributed by atoms with Crippen LogP contribution in [0.4, 0.5) is 0 Å². The Kier molecular flexibility index (Phi) is 20.4. The number of para-hydroxylation sites is 1. The maximum atomic E-state index is 8.51. The van der Waals surface area contributed by atoms with Gasteiger partial charge < -0.3 is 9.47 Å². The zero-order valence-electron chi connectivity index (χ0n) is 17.3. The number of ether oxygens (including phenoxy) is 2. The van der Waals surface area contributed by atoms with E-state index in [4.69, 9.17) is 14.7 Å². The summed E-state index contributed by atoms with van der Waals surface area (Å²) in [6.45, 7) is 13.7. The van der Waals surface area contributed by atoms with Crippen molar-refractivity contribution in [2.24, 2.45) is 0 Å². The molecule has 0 atom stereocenters. The second kappa shape index (κ2) is 20.6. The van der Waals surface area contributed by atoms with Crippen LogP contribution in [0.2, 0.25) is 0 Å². The molecule has 0 aromatic heterocycles. The summed E-state index contributed by atoms with van der Waals surface area (Å²) in [5.41, 5.74) is 0.666. The van der Waals surface area contributed by atoms with Crippen LogP contribution in [0.3, 0.4) is 0 Å². The fraction of sp³-hybridized carbons (Fsp3) is 0.435. The molecule has 0 aliphatic heterocycles. The first kappa shape index (κ1) is 25.8.